The molecule has 0 amide bonds. The minimum atomic E-state index is -0.389. The van der Waals surface area contributed by atoms with E-state index in [4.69, 9.17) is 5.10 Å². The van der Waals surface area contributed by atoms with Crippen molar-refractivity contribution in [1.82, 2.24) is 9.24 Å². The quantitative estimate of drug-likeness (QED) is 0.124. The lowest BCUT2D eigenvalue weighted by molar-refractivity contribution is -0.384. The van der Waals surface area contributed by atoms with Crippen LogP contribution in [0.1, 0.15) is 23.9 Å². The molecule has 2 heterocycles. The largest absolute Gasteiger partial charge is 0.318 e. The van der Waals surface area contributed by atoms with E-state index in [1.54, 1.807) is 16.8 Å². The van der Waals surface area contributed by atoms with Gasteiger partial charge in [0.15, 0.2) is 0 Å². The Labute approximate surface area is 209 Å². The second-order valence-corrected chi connectivity index (χ2v) is 9.46. The first kappa shape index (κ1) is 23.1. The smallest absolute Gasteiger partial charge is 0.270 e. The van der Waals surface area contributed by atoms with Gasteiger partial charge in [0.2, 0.25) is 4.80 Å². The van der Waals surface area contributed by atoms with E-state index in [0.29, 0.717) is 6.54 Å². The summed E-state index contributed by atoms with van der Waals surface area (Å²) >= 11 is 3.76. The average molecular weight is 571 g/mol. The van der Waals surface area contributed by atoms with Crippen molar-refractivity contribution in [3.8, 4) is 16.9 Å². The van der Waals surface area contributed by atoms with Crippen molar-refractivity contribution in [2.75, 3.05) is 6.54 Å². The van der Waals surface area contributed by atoms with E-state index in [0.717, 1.165) is 38.7 Å². The van der Waals surface area contributed by atoms with Crippen molar-refractivity contribution >= 4 is 45.8 Å². The van der Waals surface area contributed by atoms with Crippen molar-refractivity contribution in [3.63, 3.8) is 0 Å². The maximum Gasteiger partial charge on any atom is 0.270 e. The molecule has 0 unspecified atom stereocenters. The van der Waals surface area contributed by atoms with E-state index in [2.05, 4.69) is 76.3 Å². The van der Waals surface area contributed by atoms with Crippen molar-refractivity contribution in [2.24, 2.45) is 10.1 Å². The van der Waals surface area contributed by atoms with Crippen LogP contribution in [0.2, 0.25) is 0 Å². The molecular formula is C24H22IN5O2S. The summed E-state index contributed by atoms with van der Waals surface area (Å²) in [6.07, 6.45) is 1.83. The molecule has 0 saturated carbocycles. The molecule has 0 spiro atoms. The standard InChI is InChI=1S/C24H22IN5O2S/c1-4-26-24-29(23(15-33-24)18-6-5-7-22(13-18)30(31)32)27-14-19-12-16(2)28(17(19)3)21-10-8-20(25)9-11-21/h5-15H,4H2,1-3H3. The van der Waals surface area contributed by atoms with Crippen LogP contribution in [0.15, 0.2) is 70.1 Å². The van der Waals surface area contributed by atoms with E-state index in [9.17, 15) is 10.1 Å². The summed E-state index contributed by atoms with van der Waals surface area (Å²) in [6, 6.07) is 17.1. The Morgan fingerprint density at radius 1 is 1.15 bits per heavy atom. The van der Waals surface area contributed by atoms with E-state index in [-0.39, 0.29) is 10.6 Å². The van der Waals surface area contributed by atoms with Gasteiger partial charge in [0.05, 0.1) is 16.8 Å². The highest BCUT2D eigenvalue weighted by Gasteiger charge is 2.13. The molecule has 0 radical (unpaired) electrons. The fourth-order valence-electron chi connectivity index (χ4n) is 3.66. The van der Waals surface area contributed by atoms with Crippen molar-refractivity contribution in [1.29, 1.82) is 0 Å². The number of benzene rings is 2. The highest BCUT2D eigenvalue weighted by Crippen LogP contribution is 2.25. The van der Waals surface area contributed by atoms with Crippen LogP contribution in [0.25, 0.3) is 16.9 Å². The highest BCUT2D eigenvalue weighted by molar-refractivity contribution is 14.1. The first-order valence-electron chi connectivity index (χ1n) is 10.3. The van der Waals surface area contributed by atoms with Crippen LogP contribution in [-0.2, 0) is 0 Å². The van der Waals surface area contributed by atoms with E-state index >= 15 is 0 Å². The van der Waals surface area contributed by atoms with Crippen molar-refractivity contribution < 1.29 is 4.92 Å². The van der Waals surface area contributed by atoms with Gasteiger partial charge in [-0.3, -0.25) is 15.1 Å². The predicted molar refractivity (Wildman–Crippen MR) is 141 cm³/mol. The fraction of sp³-hybridized carbons (Fsp3) is 0.167. The number of non-ortho nitro benzene ring substituents is 1. The van der Waals surface area contributed by atoms with Crippen molar-refractivity contribution in [3.05, 3.63) is 95.4 Å². The van der Waals surface area contributed by atoms with E-state index in [1.807, 2.05) is 24.6 Å². The molecule has 0 atom stereocenters. The van der Waals surface area contributed by atoms with Gasteiger partial charge in [-0.2, -0.15) is 5.10 Å². The highest BCUT2D eigenvalue weighted by atomic mass is 127. The van der Waals surface area contributed by atoms with Gasteiger partial charge in [-0.05, 0) is 73.7 Å². The third kappa shape index (κ3) is 4.83. The summed E-state index contributed by atoms with van der Waals surface area (Å²) in [7, 11) is 0. The number of rotatable bonds is 6. The van der Waals surface area contributed by atoms with Gasteiger partial charge in [0, 0.05) is 55.8 Å². The number of nitro benzene ring substituents is 1. The molecule has 2 aromatic heterocycles. The summed E-state index contributed by atoms with van der Waals surface area (Å²) in [5.41, 5.74) is 5.83. The van der Waals surface area contributed by atoms with Gasteiger partial charge in [0.1, 0.15) is 0 Å². The zero-order valence-electron chi connectivity index (χ0n) is 18.4. The zero-order chi connectivity index (χ0) is 23.5. The van der Waals surface area contributed by atoms with Crippen LogP contribution < -0.4 is 4.80 Å². The second-order valence-electron chi connectivity index (χ2n) is 7.38. The summed E-state index contributed by atoms with van der Waals surface area (Å²) in [6.45, 7) is 6.73. The molecule has 33 heavy (non-hydrogen) atoms. The van der Waals surface area contributed by atoms with E-state index in [1.165, 1.54) is 21.0 Å². The molecule has 9 heteroatoms. The average Bonchev–Trinajstić information content (AvgIpc) is 3.33. The molecule has 0 bridgehead atoms. The summed E-state index contributed by atoms with van der Waals surface area (Å²) in [4.78, 5) is 16.1. The predicted octanol–water partition coefficient (Wildman–Crippen LogP) is 5.94. The van der Waals surface area contributed by atoms with Crippen LogP contribution in [0, 0.1) is 27.5 Å². The molecule has 0 N–H and O–H groups in total. The SMILES string of the molecule is CCN=c1scc(-c2cccc([N+](=O)[O-])c2)n1N=Cc1cc(C)n(-c2ccc(I)cc2)c1C. The van der Waals surface area contributed by atoms with Gasteiger partial charge in [-0.15, -0.1) is 11.3 Å². The molecule has 4 rings (SSSR count). The Morgan fingerprint density at radius 3 is 2.61 bits per heavy atom. The first-order valence-corrected chi connectivity index (χ1v) is 12.3. The molecular weight excluding hydrogens is 549 g/mol. The Balaban J connectivity index is 1.78. The number of halogens is 1. The molecule has 0 saturated heterocycles. The molecule has 7 nitrogen and oxygen atoms in total. The Morgan fingerprint density at radius 2 is 1.91 bits per heavy atom. The first-order chi connectivity index (χ1) is 15.9. The minimum Gasteiger partial charge on any atom is -0.318 e. The van der Waals surface area contributed by atoms with E-state index < -0.39 is 0 Å². The van der Waals surface area contributed by atoms with Crippen LogP contribution >= 0.6 is 33.9 Å². The van der Waals surface area contributed by atoms with Gasteiger partial charge in [-0.1, -0.05) is 12.1 Å². The summed E-state index contributed by atoms with van der Waals surface area (Å²) in [5.74, 6) is 0. The minimum absolute atomic E-state index is 0.0456. The maximum atomic E-state index is 11.2. The monoisotopic (exact) mass is 571 g/mol. The maximum absolute atomic E-state index is 11.2. The second kappa shape index (κ2) is 9.84. The van der Waals surface area contributed by atoms with Crippen LogP contribution in [0.4, 0.5) is 5.69 Å². The van der Waals surface area contributed by atoms with Crippen LogP contribution in [-0.4, -0.2) is 26.9 Å². The lowest BCUT2D eigenvalue weighted by Crippen LogP contribution is -2.12. The normalized spacial score (nSPS) is 12.1. The summed E-state index contributed by atoms with van der Waals surface area (Å²) in [5, 5.41) is 17.9. The number of thiazole rings is 1. The molecule has 2 aromatic carbocycles. The zero-order valence-corrected chi connectivity index (χ0v) is 21.4. The molecule has 0 aliphatic rings. The number of hydrogen-bond acceptors (Lipinski definition) is 5. The lowest BCUT2D eigenvalue weighted by atomic mass is 10.1. The topological polar surface area (TPSA) is 77.7 Å². The van der Waals surface area contributed by atoms with Crippen molar-refractivity contribution in [2.45, 2.75) is 20.8 Å². The van der Waals surface area contributed by atoms with Gasteiger partial charge < -0.3 is 4.57 Å². The third-order valence-corrected chi connectivity index (χ3v) is 6.77. The fourth-order valence-corrected chi connectivity index (χ4v) is 4.92. The Kier molecular flexibility index (Phi) is 6.89. The third-order valence-electron chi connectivity index (χ3n) is 5.20. The number of nitrogens with zero attached hydrogens (tertiary/aromatic N) is 5. The number of aromatic nitrogens is 2. The number of hydrogen-bond donors (Lipinski definition) is 0. The molecule has 0 aliphatic heterocycles. The molecule has 168 valence electrons. The van der Waals surface area contributed by atoms with Crippen LogP contribution in [0.5, 0.6) is 0 Å². The summed E-state index contributed by atoms with van der Waals surface area (Å²) < 4.78 is 5.15. The molecule has 0 aliphatic carbocycles. The molecule has 4 aromatic rings. The number of nitro groups is 1. The molecule has 0 fully saturated rings. The number of aryl methyl sites for hydroxylation is 1. The van der Waals surface area contributed by atoms with Gasteiger partial charge >= 0.3 is 0 Å². The van der Waals surface area contributed by atoms with Gasteiger partial charge in [0.25, 0.3) is 5.69 Å². The lowest BCUT2D eigenvalue weighted by Gasteiger charge is -2.09. The van der Waals surface area contributed by atoms with Gasteiger partial charge in [-0.25, -0.2) is 4.68 Å². The van der Waals surface area contributed by atoms with Crippen LogP contribution in [0.3, 0.4) is 0 Å². The Bertz CT molecular complexity index is 1410. The Hall–Kier alpha value is -3.05.